The maximum atomic E-state index is 9.95. The third kappa shape index (κ3) is 5.62. The van der Waals surface area contributed by atoms with Gasteiger partial charge in [0.15, 0.2) is 0 Å². The van der Waals surface area contributed by atoms with Crippen molar-refractivity contribution in [1.29, 1.82) is 0 Å². The maximum absolute atomic E-state index is 9.95. The van der Waals surface area contributed by atoms with Gasteiger partial charge in [0.2, 0.25) is 0 Å². The fraction of sp³-hybridized carbons (Fsp3) is 1.00. The van der Waals surface area contributed by atoms with E-state index in [2.05, 4.69) is 24.0 Å². The summed E-state index contributed by atoms with van der Waals surface area (Å²) >= 11 is 2.08. The van der Waals surface area contributed by atoms with Gasteiger partial charge in [-0.1, -0.05) is 19.8 Å². The van der Waals surface area contributed by atoms with Gasteiger partial charge in [-0.15, -0.1) is 0 Å². The number of hydrogen-bond donors (Lipinski definition) is 2. The second-order valence-electron chi connectivity index (χ2n) is 5.89. The minimum Gasteiger partial charge on any atom is -0.389 e. The number of aliphatic hydroxyl groups excluding tert-OH is 1. The van der Waals surface area contributed by atoms with Crippen LogP contribution >= 0.6 is 11.8 Å². The molecule has 0 bridgehead atoms. The molecule has 2 N–H and O–H groups in total. The fourth-order valence-corrected chi connectivity index (χ4v) is 4.32. The molecule has 19 heavy (non-hydrogen) atoms. The first kappa shape index (κ1) is 15.6. The minimum atomic E-state index is -0.349. The average molecular weight is 287 g/mol. The Hall–Kier alpha value is 0.230. The summed E-state index contributed by atoms with van der Waals surface area (Å²) in [5.74, 6) is 1.22. The van der Waals surface area contributed by atoms with Gasteiger partial charge < -0.3 is 15.2 Å². The van der Waals surface area contributed by atoms with E-state index >= 15 is 0 Å². The van der Waals surface area contributed by atoms with Crippen molar-refractivity contribution in [1.82, 2.24) is 5.32 Å². The molecule has 0 aromatic carbocycles. The Labute approximate surface area is 121 Å². The van der Waals surface area contributed by atoms with E-state index in [1.807, 2.05) is 0 Å². The number of nitrogens with one attached hydrogen (secondary N) is 1. The third-order valence-corrected chi connectivity index (χ3v) is 5.49. The normalized spacial score (nSPS) is 30.0. The van der Waals surface area contributed by atoms with E-state index in [1.54, 1.807) is 0 Å². The highest BCUT2D eigenvalue weighted by Gasteiger charge is 2.24. The van der Waals surface area contributed by atoms with Gasteiger partial charge in [0.1, 0.15) is 0 Å². The zero-order valence-electron chi connectivity index (χ0n) is 12.1. The van der Waals surface area contributed by atoms with E-state index in [9.17, 15) is 5.11 Å². The van der Waals surface area contributed by atoms with E-state index in [4.69, 9.17) is 4.74 Å². The summed E-state index contributed by atoms with van der Waals surface area (Å²) in [5.41, 5.74) is 0. The predicted molar refractivity (Wildman–Crippen MR) is 81.8 cm³/mol. The monoisotopic (exact) mass is 287 g/mol. The van der Waals surface area contributed by atoms with Crippen molar-refractivity contribution >= 4 is 11.8 Å². The third-order valence-electron chi connectivity index (χ3n) is 4.26. The molecule has 0 heterocycles. The standard InChI is InChI=1S/C15H29NO2S/c1-2-19-15-8-7-12(9-15)16-10-13(17)11-18-14-5-3-4-6-14/h12-17H,2-11H2,1H3. The van der Waals surface area contributed by atoms with Crippen LogP contribution in [-0.2, 0) is 4.74 Å². The molecule has 4 heteroatoms. The zero-order chi connectivity index (χ0) is 13.5. The van der Waals surface area contributed by atoms with Gasteiger partial charge in [-0.2, -0.15) is 11.8 Å². The van der Waals surface area contributed by atoms with Crippen LogP contribution in [0.25, 0.3) is 0 Å². The molecule has 2 aliphatic rings. The summed E-state index contributed by atoms with van der Waals surface area (Å²) in [6.07, 6.45) is 8.84. The summed E-state index contributed by atoms with van der Waals surface area (Å²) in [7, 11) is 0. The molecule has 3 atom stereocenters. The van der Waals surface area contributed by atoms with Crippen LogP contribution in [0.15, 0.2) is 0 Å². The van der Waals surface area contributed by atoms with Crippen LogP contribution in [0.3, 0.4) is 0 Å². The molecule has 2 aliphatic carbocycles. The van der Waals surface area contributed by atoms with Crippen LogP contribution in [0.2, 0.25) is 0 Å². The lowest BCUT2D eigenvalue weighted by Crippen LogP contribution is -2.37. The van der Waals surface area contributed by atoms with Crippen molar-refractivity contribution in [3.05, 3.63) is 0 Å². The second-order valence-corrected chi connectivity index (χ2v) is 7.47. The number of thioether (sulfide) groups is 1. The lowest BCUT2D eigenvalue weighted by atomic mass is 10.2. The molecular weight excluding hydrogens is 258 g/mol. The number of aliphatic hydroxyl groups is 1. The highest BCUT2D eigenvalue weighted by molar-refractivity contribution is 7.99. The Kier molecular flexibility index (Phi) is 6.99. The molecule has 0 aliphatic heterocycles. The van der Waals surface area contributed by atoms with E-state index in [1.165, 1.54) is 50.7 Å². The lowest BCUT2D eigenvalue weighted by molar-refractivity contribution is -0.00616. The quantitative estimate of drug-likeness (QED) is 0.720. The molecule has 0 amide bonds. The first-order chi connectivity index (χ1) is 9.28. The van der Waals surface area contributed by atoms with Crippen molar-refractivity contribution < 1.29 is 9.84 Å². The summed E-state index contributed by atoms with van der Waals surface area (Å²) in [5, 5.41) is 14.3. The topological polar surface area (TPSA) is 41.5 Å². The highest BCUT2D eigenvalue weighted by atomic mass is 32.2. The summed E-state index contributed by atoms with van der Waals surface area (Å²) in [6, 6.07) is 0.602. The Morgan fingerprint density at radius 1 is 1.26 bits per heavy atom. The summed E-state index contributed by atoms with van der Waals surface area (Å²) in [4.78, 5) is 0. The molecular formula is C15H29NO2S. The Morgan fingerprint density at radius 2 is 2.05 bits per heavy atom. The lowest BCUT2D eigenvalue weighted by Gasteiger charge is -2.18. The van der Waals surface area contributed by atoms with Gasteiger partial charge in [0, 0.05) is 17.8 Å². The minimum absolute atomic E-state index is 0.349. The fourth-order valence-electron chi connectivity index (χ4n) is 3.18. The van der Waals surface area contributed by atoms with Crippen LogP contribution in [0.4, 0.5) is 0 Å². The molecule has 0 radical (unpaired) electrons. The first-order valence-corrected chi connectivity index (χ1v) is 8.97. The maximum Gasteiger partial charge on any atom is 0.0897 e. The van der Waals surface area contributed by atoms with Crippen LogP contribution in [0.1, 0.15) is 51.9 Å². The zero-order valence-corrected chi connectivity index (χ0v) is 13.0. The van der Waals surface area contributed by atoms with Gasteiger partial charge >= 0.3 is 0 Å². The van der Waals surface area contributed by atoms with Gasteiger partial charge in [-0.25, -0.2) is 0 Å². The van der Waals surface area contributed by atoms with Crippen molar-refractivity contribution in [3.63, 3.8) is 0 Å². The number of hydrogen-bond acceptors (Lipinski definition) is 4. The van der Waals surface area contributed by atoms with Crippen molar-refractivity contribution in [3.8, 4) is 0 Å². The largest absolute Gasteiger partial charge is 0.389 e. The molecule has 2 rings (SSSR count). The van der Waals surface area contributed by atoms with Gasteiger partial charge in [0.05, 0.1) is 18.8 Å². The molecule has 3 nitrogen and oxygen atoms in total. The van der Waals surface area contributed by atoms with Gasteiger partial charge in [0.25, 0.3) is 0 Å². The molecule has 0 spiro atoms. The van der Waals surface area contributed by atoms with Crippen molar-refractivity contribution in [2.45, 2.75) is 75.4 Å². The molecule has 2 fully saturated rings. The number of rotatable bonds is 8. The Balaban J connectivity index is 1.52. The van der Waals surface area contributed by atoms with E-state index in [0.717, 1.165) is 5.25 Å². The molecule has 3 unspecified atom stereocenters. The molecule has 112 valence electrons. The molecule has 0 aromatic heterocycles. The van der Waals surface area contributed by atoms with Crippen LogP contribution < -0.4 is 5.32 Å². The van der Waals surface area contributed by atoms with Crippen LogP contribution in [0.5, 0.6) is 0 Å². The smallest absolute Gasteiger partial charge is 0.0897 e. The first-order valence-electron chi connectivity index (χ1n) is 7.92. The average Bonchev–Trinajstić information content (AvgIpc) is 3.05. The highest BCUT2D eigenvalue weighted by Crippen LogP contribution is 2.29. The summed E-state index contributed by atoms with van der Waals surface area (Å²) < 4.78 is 5.75. The predicted octanol–water partition coefficient (Wildman–Crippen LogP) is 2.57. The summed E-state index contributed by atoms with van der Waals surface area (Å²) in [6.45, 7) is 3.41. The Bertz CT molecular complexity index is 246. The second kappa shape index (κ2) is 8.50. The van der Waals surface area contributed by atoms with E-state index in [-0.39, 0.29) is 6.10 Å². The van der Waals surface area contributed by atoms with E-state index in [0.29, 0.717) is 25.3 Å². The van der Waals surface area contributed by atoms with Crippen LogP contribution in [0, 0.1) is 0 Å². The SMILES string of the molecule is CCSC1CCC(NCC(O)COC2CCCC2)C1. The molecule has 0 aromatic rings. The van der Waals surface area contributed by atoms with Crippen LogP contribution in [-0.4, -0.2) is 47.5 Å². The van der Waals surface area contributed by atoms with E-state index < -0.39 is 0 Å². The number of ether oxygens (including phenoxy) is 1. The molecule has 2 saturated carbocycles. The molecule has 0 saturated heterocycles. The Morgan fingerprint density at radius 3 is 2.79 bits per heavy atom. The van der Waals surface area contributed by atoms with Crippen molar-refractivity contribution in [2.75, 3.05) is 18.9 Å². The van der Waals surface area contributed by atoms with Gasteiger partial charge in [-0.3, -0.25) is 0 Å². The van der Waals surface area contributed by atoms with Crippen molar-refractivity contribution in [2.24, 2.45) is 0 Å². The van der Waals surface area contributed by atoms with Gasteiger partial charge in [-0.05, 0) is 37.9 Å².